The summed E-state index contributed by atoms with van der Waals surface area (Å²) in [5.74, 6) is 0. The van der Waals surface area contributed by atoms with Gasteiger partial charge in [-0.15, -0.1) is 0 Å². The Kier molecular flexibility index (Phi) is 10.3. The largest absolute Gasteiger partial charge is 0.394 e. The van der Waals surface area contributed by atoms with Crippen LogP contribution in [0.4, 0.5) is 0 Å². The van der Waals surface area contributed by atoms with Crippen LogP contribution < -0.4 is 0 Å². The highest BCUT2D eigenvalue weighted by molar-refractivity contribution is 7.83. The Hall–Kier alpha value is -1.79. The number of fused-ring (bicyclic) bond motifs is 1. The minimum absolute atomic E-state index is 0.0359. The van der Waals surface area contributed by atoms with Crippen molar-refractivity contribution in [2.24, 2.45) is 0 Å². The zero-order valence-electron chi connectivity index (χ0n) is 20.2. The number of benzene rings is 1. The van der Waals surface area contributed by atoms with Crippen LogP contribution in [0.15, 0.2) is 76.8 Å². The van der Waals surface area contributed by atoms with Gasteiger partial charge in [-0.2, -0.15) is 4.31 Å². The molecule has 0 aromatic heterocycles. The second kappa shape index (κ2) is 12.4. The molecule has 0 radical (unpaired) electrons. The number of ether oxygens (including phenoxy) is 1. The number of rotatable bonds is 13. The van der Waals surface area contributed by atoms with Crippen LogP contribution in [0.1, 0.15) is 58.9 Å². The van der Waals surface area contributed by atoms with Crippen molar-refractivity contribution in [3.8, 4) is 0 Å². The molecule has 4 nitrogen and oxygen atoms in total. The molecule has 5 heteroatoms. The molecule has 176 valence electrons. The molecule has 1 atom stereocenters. The lowest BCUT2D eigenvalue weighted by Gasteiger charge is -2.40. The Morgan fingerprint density at radius 1 is 1.06 bits per heavy atom. The molecule has 1 aliphatic rings. The van der Waals surface area contributed by atoms with Gasteiger partial charge in [0.15, 0.2) is 0 Å². The summed E-state index contributed by atoms with van der Waals surface area (Å²) in [5.41, 5.74) is 4.38. The molecule has 1 heterocycles. The lowest BCUT2D eigenvalue weighted by atomic mass is 9.75. The van der Waals surface area contributed by atoms with Crippen molar-refractivity contribution < 1.29 is 14.1 Å². The number of hydrogen-bond acceptors (Lipinski definition) is 3. The minimum atomic E-state index is -1.38. The number of allylic oxidation sites excluding steroid dienone is 2. The van der Waals surface area contributed by atoms with Crippen molar-refractivity contribution in [1.29, 1.82) is 0 Å². The van der Waals surface area contributed by atoms with Crippen LogP contribution in [0.3, 0.4) is 0 Å². The minimum Gasteiger partial charge on any atom is -0.394 e. The van der Waals surface area contributed by atoms with Gasteiger partial charge in [0, 0.05) is 6.54 Å². The maximum absolute atomic E-state index is 13.7. The summed E-state index contributed by atoms with van der Waals surface area (Å²) >= 11 is 0. The molecule has 2 rings (SSSR count). The first kappa shape index (κ1) is 26.5. The summed E-state index contributed by atoms with van der Waals surface area (Å²) in [6, 6.07) is 7.89. The molecule has 32 heavy (non-hydrogen) atoms. The van der Waals surface area contributed by atoms with Gasteiger partial charge >= 0.3 is 0 Å². The SMILES string of the molecule is C=C(/C=C(\C)CCC)C1(C(=C)/C=C(\C)CCC)c2ccccc2S(=O)N1CCOCCO. The zero-order valence-corrected chi connectivity index (χ0v) is 21.0. The Morgan fingerprint density at radius 2 is 1.62 bits per heavy atom. The summed E-state index contributed by atoms with van der Waals surface area (Å²) < 4.78 is 21.2. The number of nitrogens with zero attached hydrogens (tertiary/aromatic N) is 1. The summed E-state index contributed by atoms with van der Waals surface area (Å²) in [6.45, 7) is 18.6. The highest BCUT2D eigenvalue weighted by atomic mass is 32.2. The van der Waals surface area contributed by atoms with E-state index in [-0.39, 0.29) is 13.2 Å². The number of hydrogen-bond donors (Lipinski definition) is 1. The highest BCUT2D eigenvalue weighted by Crippen LogP contribution is 2.51. The van der Waals surface area contributed by atoms with Crippen molar-refractivity contribution in [2.75, 3.05) is 26.4 Å². The van der Waals surface area contributed by atoms with E-state index in [0.717, 1.165) is 47.3 Å². The first-order valence-electron chi connectivity index (χ1n) is 11.5. The van der Waals surface area contributed by atoms with Crippen molar-refractivity contribution in [3.63, 3.8) is 0 Å². The lowest BCUT2D eigenvalue weighted by Crippen LogP contribution is -2.46. The summed E-state index contributed by atoms with van der Waals surface area (Å²) in [4.78, 5) is 0.792. The van der Waals surface area contributed by atoms with Crippen LogP contribution in [-0.4, -0.2) is 40.0 Å². The predicted molar refractivity (Wildman–Crippen MR) is 135 cm³/mol. The van der Waals surface area contributed by atoms with Crippen LogP contribution in [0.5, 0.6) is 0 Å². The van der Waals surface area contributed by atoms with E-state index in [1.165, 1.54) is 11.1 Å². The lowest BCUT2D eigenvalue weighted by molar-refractivity contribution is 0.0794. The third-order valence-corrected chi connectivity index (χ3v) is 7.36. The van der Waals surface area contributed by atoms with Gasteiger partial charge in [0.1, 0.15) is 16.5 Å². The molecule has 0 spiro atoms. The Labute approximate surface area is 197 Å². The van der Waals surface area contributed by atoms with E-state index in [0.29, 0.717) is 13.2 Å². The second-order valence-electron chi connectivity index (χ2n) is 8.43. The van der Waals surface area contributed by atoms with Gasteiger partial charge in [-0.05, 0) is 49.5 Å². The topological polar surface area (TPSA) is 49.8 Å². The number of aliphatic hydroxyl groups is 1. The molecular formula is C27H39NO3S. The van der Waals surface area contributed by atoms with Crippen LogP contribution in [0, 0.1) is 0 Å². The first-order valence-corrected chi connectivity index (χ1v) is 12.7. The second-order valence-corrected chi connectivity index (χ2v) is 9.80. The molecule has 0 saturated carbocycles. The Bertz CT molecular complexity index is 866. The molecule has 1 N–H and O–H groups in total. The van der Waals surface area contributed by atoms with Crippen molar-refractivity contribution in [2.45, 2.75) is 63.8 Å². The van der Waals surface area contributed by atoms with E-state index >= 15 is 0 Å². The van der Waals surface area contributed by atoms with Crippen molar-refractivity contribution >= 4 is 11.0 Å². The van der Waals surface area contributed by atoms with Crippen molar-refractivity contribution in [3.05, 3.63) is 77.4 Å². The van der Waals surface area contributed by atoms with Crippen molar-refractivity contribution in [1.82, 2.24) is 4.31 Å². The first-order chi connectivity index (χ1) is 15.3. The third kappa shape index (κ3) is 5.57. The van der Waals surface area contributed by atoms with Crippen LogP contribution in [0.25, 0.3) is 0 Å². The fourth-order valence-corrected chi connectivity index (χ4v) is 6.13. The fourth-order valence-electron chi connectivity index (χ4n) is 4.47. The molecule has 0 bridgehead atoms. The molecular weight excluding hydrogens is 418 g/mol. The maximum Gasteiger partial charge on any atom is 0.129 e. The van der Waals surface area contributed by atoms with Crippen LogP contribution >= 0.6 is 0 Å². The van der Waals surface area contributed by atoms with E-state index < -0.39 is 16.5 Å². The van der Waals surface area contributed by atoms with E-state index in [1.54, 1.807) is 0 Å². The standard InChI is InChI=1S/C27H39NO3S/c1-7-11-21(3)19-23(5)27(24(6)20-22(4)12-8-2)25-13-9-10-14-26(25)32(30)28(27)15-17-31-18-16-29/h9-10,13-14,19-20,29H,5-8,11-12,15-18H2,1-4H3/b21-19+,22-20+. The Balaban J connectivity index is 2.68. The molecule has 1 aliphatic heterocycles. The quantitative estimate of drug-likeness (QED) is 0.299. The van der Waals surface area contributed by atoms with Gasteiger partial charge in [-0.1, -0.05) is 81.3 Å². The average molecular weight is 458 g/mol. The van der Waals surface area contributed by atoms with Gasteiger partial charge < -0.3 is 9.84 Å². The zero-order chi connectivity index (χ0) is 23.7. The number of aliphatic hydroxyl groups excluding tert-OH is 1. The third-order valence-electron chi connectivity index (χ3n) is 5.77. The molecule has 0 aliphatic carbocycles. The molecule has 1 unspecified atom stereocenters. The summed E-state index contributed by atoms with van der Waals surface area (Å²) in [5, 5.41) is 9.09. The monoisotopic (exact) mass is 457 g/mol. The van der Waals surface area contributed by atoms with E-state index in [2.05, 4.69) is 53.0 Å². The van der Waals surface area contributed by atoms with Gasteiger partial charge in [-0.25, -0.2) is 4.21 Å². The predicted octanol–water partition coefficient (Wildman–Crippen LogP) is 5.83. The molecule has 1 aromatic rings. The van der Waals surface area contributed by atoms with Gasteiger partial charge in [0.05, 0.1) is 24.7 Å². The van der Waals surface area contributed by atoms with Crippen LogP contribution in [0.2, 0.25) is 0 Å². The maximum atomic E-state index is 13.7. The highest BCUT2D eigenvalue weighted by Gasteiger charge is 2.52. The van der Waals surface area contributed by atoms with Crippen LogP contribution in [-0.2, 0) is 21.3 Å². The van der Waals surface area contributed by atoms with Gasteiger partial charge in [0.25, 0.3) is 0 Å². The average Bonchev–Trinajstić information content (AvgIpc) is 3.01. The van der Waals surface area contributed by atoms with Gasteiger partial charge in [0.2, 0.25) is 0 Å². The summed E-state index contributed by atoms with van der Waals surface area (Å²) in [6.07, 6.45) is 8.35. The molecule has 0 fully saturated rings. The Morgan fingerprint density at radius 3 is 2.16 bits per heavy atom. The fraction of sp³-hybridized carbons (Fsp3) is 0.481. The van der Waals surface area contributed by atoms with E-state index in [4.69, 9.17) is 9.84 Å². The summed E-state index contributed by atoms with van der Waals surface area (Å²) in [7, 11) is -1.38. The van der Waals surface area contributed by atoms with E-state index in [9.17, 15) is 4.21 Å². The van der Waals surface area contributed by atoms with E-state index in [1.807, 2.05) is 28.6 Å². The smallest absolute Gasteiger partial charge is 0.129 e. The normalized spacial score (nSPS) is 18.6. The molecule has 0 amide bonds. The molecule has 1 aromatic carbocycles. The molecule has 0 saturated heterocycles. The van der Waals surface area contributed by atoms with Gasteiger partial charge in [-0.3, -0.25) is 0 Å².